The van der Waals surface area contributed by atoms with Gasteiger partial charge in [0.05, 0.1) is 0 Å². The molecule has 0 amide bonds. The van der Waals surface area contributed by atoms with Crippen LogP contribution in [0.5, 0.6) is 0 Å². The Kier molecular flexibility index (Phi) is 8.50. The van der Waals surface area contributed by atoms with E-state index in [0.29, 0.717) is 0 Å². The molecular formula is C2H2Cl3N. The van der Waals surface area contributed by atoms with Crippen molar-refractivity contribution in [3.63, 3.8) is 0 Å². The predicted molar refractivity (Wildman–Crippen MR) is 30.2 cm³/mol. The molecule has 0 unspecified atom stereocenters. The number of hydrogen-bond donors (Lipinski definition) is 1. The lowest BCUT2D eigenvalue weighted by molar-refractivity contribution is 1.59. The molecule has 0 rings (SSSR count). The van der Waals surface area contributed by atoms with Gasteiger partial charge in [-0.05, 0) is 0 Å². The highest BCUT2D eigenvalue weighted by Gasteiger charge is 1.68. The van der Waals surface area contributed by atoms with Crippen LogP contribution in [0.25, 0.3) is 0 Å². The molecule has 0 aromatic rings. The molecule has 0 bridgehead atoms. The summed E-state index contributed by atoms with van der Waals surface area (Å²) in [7, 11) is 0. The lowest BCUT2D eigenvalue weighted by atomic mass is 11.2. The van der Waals surface area contributed by atoms with E-state index >= 15 is 0 Å². The summed E-state index contributed by atoms with van der Waals surface area (Å²) in [4.78, 5) is 0. The van der Waals surface area contributed by atoms with Crippen molar-refractivity contribution in [1.82, 2.24) is 0 Å². The van der Waals surface area contributed by atoms with Crippen molar-refractivity contribution in [2.24, 2.45) is 0 Å². The average molecular weight is 146 g/mol. The van der Waals surface area contributed by atoms with Crippen LogP contribution >= 0.6 is 35.6 Å². The van der Waals surface area contributed by atoms with E-state index in [9.17, 15) is 0 Å². The van der Waals surface area contributed by atoms with E-state index < -0.39 is 0 Å². The van der Waals surface area contributed by atoms with Crippen molar-refractivity contribution in [1.29, 1.82) is 5.41 Å². The van der Waals surface area contributed by atoms with Gasteiger partial charge in [0.1, 0.15) is 0 Å². The molecule has 0 aromatic carbocycles. The first-order valence-corrected chi connectivity index (χ1v) is 1.63. The van der Waals surface area contributed by atoms with Crippen molar-refractivity contribution in [3.8, 4) is 0 Å². The largest absolute Gasteiger partial charge is 0.257 e. The topological polar surface area (TPSA) is 23.9 Å². The number of nitrogens with one attached hydrogen (secondary N) is 1. The molecule has 0 heterocycles. The van der Waals surface area contributed by atoms with Crippen LogP contribution in [-0.4, -0.2) is 5.87 Å². The normalized spacial score (nSPS) is 5.00. The zero-order valence-corrected chi connectivity index (χ0v) is 4.99. The number of hydrogen-bond acceptors (Lipinski definition) is 1. The predicted octanol–water partition coefficient (Wildman–Crippen LogP) is 1.98. The minimum absolute atomic E-state index is 0. The maximum Gasteiger partial charge on any atom is 0.167 e. The quantitative estimate of drug-likeness (QED) is 0.505. The molecule has 6 heavy (non-hydrogen) atoms. The van der Waals surface area contributed by atoms with Gasteiger partial charge in [-0.25, -0.2) is 0 Å². The van der Waals surface area contributed by atoms with Gasteiger partial charge in [0.2, 0.25) is 0 Å². The maximum atomic E-state index is 6.11. The third kappa shape index (κ3) is 8.85. The summed E-state index contributed by atoms with van der Waals surface area (Å²) in [6.07, 6.45) is 0. The minimum Gasteiger partial charge on any atom is -0.257 e. The highest BCUT2D eigenvalue weighted by atomic mass is 35.5. The first-order chi connectivity index (χ1) is 2.27. The van der Waals surface area contributed by atoms with Gasteiger partial charge in [-0.1, -0.05) is 23.2 Å². The van der Waals surface area contributed by atoms with Crippen molar-refractivity contribution in [3.05, 3.63) is 4.49 Å². The molecule has 4 heteroatoms. The van der Waals surface area contributed by atoms with E-state index in [-0.39, 0.29) is 16.9 Å². The van der Waals surface area contributed by atoms with Crippen LogP contribution in [0.4, 0.5) is 0 Å². The van der Waals surface area contributed by atoms with Gasteiger partial charge in [-0.15, -0.1) is 12.4 Å². The summed E-state index contributed by atoms with van der Waals surface area (Å²) in [5.41, 5.74) is 0. The second-order valence-corrected chi connectivity index (χ2v) is 1.33. The lowest BCUT2D eigenvalue weighted by Gasteiger charge is -1.57. The van der Waals surface area contributed by atoms with Gasteiger partial charge < -0.3 is 0 Å². The summed E-state index contributed by atoms with van der Waals surface area (Å²) in [6.45, 7) is 0. The third-order valence-corrected chi connectivity index (χ3v) is 0.283. The van der Waals surface area contributed by atoms with Crippen molar-refractivity contribution < 1.29 is 0 Å². The Labute approximate surface area is 51.9 Å². The minimum atomic E-state index is -0.134. The molecule has 0 radical (unpaired) electrons. The third-order valence-electron chi connectivity index (χ3n) is 0.0945. The van der Waals surface area contributed by atoms with Gasteiger partial charge in [0.25, 0.3) is 0 Å². The zero-order valence-electron chi connectivity index (χ0n) is 2.66. The lowest BCUT2D eigenvalue weighted by Crippen LogP contribution is -1.42. The number of rotatable bonds is 0. The molecule has 1 N–H and O–H groups in total. The van der Waals surface area contributed by atoms with Gasteiger partial charge in [-0.2, -0.15) is 0 Å². The van der Waals surface area contributed by atoms with Crippen LogP contribution in [0.3, 0.4) is 0 Å². The molecular weight excluding hydrogens is 144 g/mol. The molecule has 0 spiro atoms. The Morgan fingerprint density at radius 2 is 1.67 bits per heavy atom. The smallest absolute Gasteiger partial charge is 0.167 e. The highest BCUT2D eigenvalue weighted by Crippen LogP contribution is 1.97. The zero-order chi connectivity index (χ0) is 4.28. The Morgan fingerprint density at radius 3 is 1.67 bits per heavy atom. The summed E-state index contributed by atoms with van der Waals surface area (Å²) in [5.74, 6) is 1.73. The molecule has 0 aliphatic heterocycles. The Hall–Kier alpha value is 0.320. The van der Waals surface area contributed by atoms with Gasteiger partial charge in [-0.3, -0.25) is 5.41 Å². The van der Waals surface area contributed by atoms with E-state index in [1.165, 1.54) is 0 Å². The van der Waals surface area contributed by atoms with E-state index in [1.807, 2.05) is 0 Å². The van der Waals surface area contributed by atoms with E-state index in [2.05, 4.69) is 0 Å². The molecule has 0 atom stereocenters. The fourth-order valence-corrected chi connectivity index (χ4v) is 0. The standard InChI is InChI=1S/C2HCl2N.ClH/c3-2(4)1-5;/h5H;1H. The summed E-state index contributed by atoms with van der Waals surface area (Å²) in [6, 6.07) is 0. The van der Waals surface area contributed by atoms with Crippen LogP contribution in [0.1, 0.15) is 0 Å². The van der Waals surface area contributed by atoms with Crippen LogP contribution in [0.2, 0.25) is 0 Å². The molecule has 0 aromatic heterocycles. The molecule has 0 aliphatic carbocycles. The average Bonchev–Trinajstić information content (AvgIpc) is 1.38. The molecule has 1 nitrogen and oxygen atoms in total. The van der Waals surface area contributed by atoms with Crippen LogP contribution < -0.4 is 0 Å². The summed E-state index contributed by atoms with van der Waals surface area (Å²) >= 11 is 9.69. The second-order valence-electron chi connectivity index (χ2n) is 0.385. The van der Waals surface area contributed by atoms with E-state index in [4.69, 9.17) is 28.6 Å². The van der Waals surface area contributed by atoms with Crippen molar-refractivity contribution in [2.45, 2.75) is 0 Å². The number of halogens is 3. The summed E-state index contributed by atoms with van der Waals surface area (Å²) in [5, 5.41) is 6.11. The highest BCUT2D eigenvalue weighted by molar-refractivity contribution is 6.59. The Balaban J connectivity index is 0. The summed E-state index contributed by atoms with van der Waals surface area (Å²) < 4.78 is -0.134. The molecule has 0 saturated carbocycles. The molecule has 0 aliphatic rings. The second kappa shape index (κ2) is 5.32. The fourth-order valence-electron chi connectivity index (χ4n) is 0. The maximum absolute atomic E-state index is 6.11. The van der Waals surface area contributed by atoms with Crippen molar-refractivity contribution >= 4 is 41.5 Å². The van der Waals surface area contributed by atoms with Gasteiger partial charge >= 0.3 is 0 Å². The first-order valence-electron chi connectivity index (χ1n) is 0.878. The first kappa shape index (κ1) is 9.58. The van der Waals surface area contributed by atoms with Gasteiger partial charge in [0.15, 0.2) is 4.49 Å². The van der Waals surface area contributed by atoms with Crippen LogP contribution in [0, 0.1) is 5.41 Å². The Morgan fingerprint density at radius 1 is 1.50 bits per heavy atom. The molecule has 36 valence electrons. The molecule has 0 fully saturated rings. The monoisotopic (exact) mass is 145 g/mol. The fraction of sp³-hybridized carbons (Fsp3) is 0. The van der Waals surface area contributed by atoms with Crippen LogP contribution in [0.15, 0.2) is 4.49 Å². The van der Waals surface area contributed by atoms with Crippen LogP contribution in [-0.2, 0) is 0 Å². The molecule has 0 saturated heterocycles. The van der Waals surface area contributed by atoms with Gasteiger partial charge in [0, 0.05) is 5.87 Å². The SMILES string of the molecule is Cl.N=C=C(Cl)Cl. The van der Waals surface area contributed by atoms with E-state index in [1.54, 1.807) is 5.87 Å². The van der Waals surface area contributed by atoms with E-state index in [0.717, 1.165) is 0 Å². The van der Waals surface area contributed by atoms with Crippen molar-refractivity contribution in [2.75, 3.05) is 0 Å². The Bertz CT molecular complexity index is 68.9.